The number of fused-ring (bicyclic) bond motifs is 1. The Morgan fingerprint density at radius 1 is 1.52 bits per heavy atom. The van der Waals surface area contributed by atoms with E-state index in [2.05, 4.69) is 30.2 Å². The molecule has 2 heterocycles. The number of benzene rings is 1. The second kappa shape index (κ2) is 5.56. The topological polar surface area (TPSA) is 38.1 Å². The molecule has 1 aromatic heterocycles. The molecule has 1 aliphatic heterocycles. The number of rotatable bonds is 3. The van der Waals surface area contributed by atoms with Crippen LogP contribution in [0.25, 0.3) is 0 Å². The van der Waals surface area contributed by atoms with E-state index in [1.54, 1.807) is 21.3 Å². The normalized spacial score (nSPS) is 16.8. The zero-order chi connectivity index (χ0) is 15.0. The van der Waals surface area contributed by atoms with Gasteiger partial charge < -0.3 is 4.90 Å². The smallest absolute Gasteiger partial charge is 0.236 e. The Bertz CT molecular complexity index is 680. The molecule has 1 atom stereocenters. The van der Waals surface area contributed by atoms with Crippen LogP contribution < -0.4 is 0 Å². The lowest BCUT2D eigenvalue weighted by Crippen LogP contribution is -2.34. The van der Waals surface area contributed by atoms with Gasteiger partial charge in [0, 0.05) is 37.3 Å². The van der Waals surface area contributed by atoms with Gasteiger partial charge >= 0.3 is 0 Å². The van der Waals surface area contributed by atoms with Gasteiger partial charge in [0.2, 0.25) is 5.91 Å². The van der Waals surface area contributed by atoms with Crippen LogP contribution in [0.1, 0.15) is 16.7 Å². The lowest BCUT2D eigenvalue weighted by molar-refractivity contribution is -0.129. The molecule has 21 heavy (non-hydrogen) atoms. The highest BCUT2D eigenvalue weighted by Gasteiger charge is 2.30. The Morgan fingerprint density at radius 2 is 2.33 bits per heavy atom. The second-order valence-electron chi connectivity index (χ2n) is 5.64. The summed E-state index contributed by atoms with van der Waals surface area (Å²) in [6, 6.07) is 6.44. The van der Waals surface area contributed by atoms with Gasteiger partial charge in [-0.2, -0.15) is 5.10 Å². The summed E-state index contributed by atoms with van der Waals surface area (Å²) in [7, 11) is 3.75. The van der Waals surface area contributed by atoms with Crippen molar-refractivity contribution < 1.29 is 4.79 Å². The number of carbonyl (C=O) groups excluding carboxylic acids is 1. The van der Waals surface area contributed by atoms with Crippen molar-refractivity contribution >= 4 is 17.7 Å². The molecule has 0 fully saturated rings. The largest absolute Gasteiger partial charge is 0.340 e. The lowest BCUT2D eigenvalue weighted by atomic mass is 10.1. The van der Waals surface area contributed by atoms with Gasteiger partial charge in [0.05, 0.1) is 11.4 Å². The van der Waals surface area contributed by atoms with Crippen LogP contribution in [0.15, 0.2) is 35.5 Å². The molecule has 110 valence electrons. The van der Waals surface area contributed by atoms with Gasteiger partial charge in [-0.15, -0.1) is 11.8 Å². The minimum atomic E-state index is 0.00321. The van der Waals surface area contributed by atoms with E-state index in [9.17, 15) is 4.79 Å². The molecule has 0 bridgehead atoms. The van der Waals surface area contributed by atoms with Gasteiger partial charge in [-0.25, -0.2) is 0 Å². The van der Waals surface area contributed by atoms with E-state index in [1.807, 2.05) is 26.5 Å². The van der Waals surface area contributed by atoms with Crippen LogP contribution in [-0.2, 0) is 24.8 Å². The lowest BCUT2D eigenvalue weighted by Gasteiger charge is -2.19. The maximum Gasteiger partial charge on any atom is 0.236 e. The van der Waals surface area contributed by atoms with Gasteiger partial charge in [0.1, 0.15) is 0 Å². The molecule has 5 heteroatoms. The van der Waals surface area contributed by atoms with Crippen LogP contribution in [0.5, 0.6) is 0 Å². The third kappa shape index (κ3) is 2.97. The van der Waals surface area contributed by atoms with Crippen molar-refractivity contribution in [3.8, 4) is 0 Å². The number of aromatic nitrogens is 2. The molecular formula is C16H19N3OS. The minimum Gasteiger partial charge on any atom is -0.340 e. The molecule has 2 aromatic rings. The maximum absolute atomic E-state index is 12.6. The van der Waals surface area contributed by atoms with Crippen molar-refractivity contribution in [2.24, 2.45) is 7.05 Å². The number of carbonyl (C=O) groups is 1. The molecule has 1 aliphatic rings. The van der Waals surface area contributed by atoms with Crippen LogP contribution in [0.3, 0.4) is 0 Å². The van der Waals surface area contributed by atoms with Crippen molar-refractivity contribution in [2.45, 2.75) is 30.0 Å². The average Bonchev–Trinajstić information content (AvgIpc) is 3.03. The summed E-state index contributed by atoms with van der Waals surface area (Å²) in [5.41, 5.74) is 3.60. The Labute approximate surface area is 129 Å². The molecule has 1 amide bonds. The Hall–Kier alpha value is -1.75. The number of hydrogen-bond donors (Lipinski definition) is 0. The first kappa shape index (κ1) is 14.2. The SMILES string of the molecule is Cc1ccc2c(c1)S[C@@H](C(=O)N(C)Cc1cnn(C)c1)C2. The molecule has 0 N–H and O–H groups in total. The third-order valence-electron chi connectivity index (χ3n) is 3.73. The fourth-order valence-corrected chi connectivity index (χ4v) is 4.03. The molecule has 0 aliphatic carbocycles. The second-order valence-corrected chi connectivity index (χ2v) is 6.88. The highest BCUT2D eigenvalue weighted by Crippen LogP contribution is 2.38. The van der Waals surface area contributed by atoms with E-state index in [-0.39, 0.29) is 11.2 Å². The highest BCUT2D eigenvalue weighted by molar-refractivity contribution is 8.01. The molecule has 0 saturated heterocycles. The quantitative estimate of drug-likeness (QED) is 0.874. The number of hydrogen-bond acceptors (Lipinski definition) is 3. The van der Waals surface area contributed by atoms with Gasteiger partial charge in [0.25, 0.3) is 0 Å². The van der Waals surface area contributed by atoms with E-state index >= 15 is 0 Å². The molecule has 0 saturated carbocycles. The zero-order valence-electron chi connectivity index (χ0n) is 12.5. The van der Waals surface area contributed by atoms with Gasteiger partial charge in [0.15, 0.2) is 0 Å². The highest BCUT2D eigenvalue weighted by atomic mass is 32.2. The first-order chi connectivity index (χ1) is 10.0. The average molecular weight is 301 g/mol. The predicted octanol–water partition coefficient (Wildman–Crippen LogP) is 2.40. The monoisotopic (exact) mass is 301 g/mol. The molecule has 4 nitrogen and oxygen atoms in total. The molecule has 1 aromatic carbocycles. The summed E-state index contributed by atoms with van der Waals surface area (Å²) >= 11 is 1.69. The van der Waals surface area contributed by atoms with E-state index in [1.165, 1.54) is 16.0 Å². The van der Waals surface area contributed by atoms with Crippen LogP contribution in [0.4, 0.5) is 0 Å². The van der Waals surface area contributed by atoms with E-state index in [0.717, 1.165) is 12.0 Å². The van der Waals surface area contributed by atoms with Crippen molar-refractivity contribution in [2.75, 3.05) is 7.05 Å². The fourth-order valence-electron chi connectivity index (χ4n) is 2.62. The Morgan fingerprint density at radius 3 is 3.05 bits per heavy atom. The number of nitrogens with zero attached hydrogens (tertiary/aromatic N) is 3. The van der Waals surface area contributed by atoms with E-state index in [0.29, 0.717) is 6.54 Å². The predicted molar refractivity (Wildman–Crippen MR) is 84.2 cm³/mol. The molecule has 3 rings (SSSR count). The summed E-state index contributed by atoms with van der Waals surface area (Å²) in [5, 5.41) is 4.15. The van der Waals surface area contributed by atoms with Crippen LogP contribution >= 0.6 is 11.8 Å². The van der Waals surface area contributed by atoms with Crippen molar-refractivity contribution in [3.05, 3.63) is 47.3 Å². The molecule has 0 spiro atoms. The molecular weight excluding hydrogens is 282 g/mol. The van der Waals surface area contributed by atoms with Crippen LogP contribution in [0, 0.1) is 6.92 Å². The Kier molecular flexibility index (Phi) is 3.76. The third-order valence-corrected chi connectivity index (χ3v) is 5.01. The fraction of sp³-hybridized carbons (Fsp3) is 0.375. The molecule has 0 unspecified atom stereocenters. The van der Waals surface area contributed by atoms with Crippen molar-refractivity contribution in [3.63, 3.8) is 0 Å². The summed E-state index contributed by atoms with van der Waals surface area (Å²) in [5.74, 6) is 0.192. The number of thioether (sulfide) groups is 1. The van der Waals surface area contributed by atoms with Gasteiger partial charge in [-0.1, -0.05) is 17.7 Å². The number of aryl methyl sites for hydroxylation is 2. The van der Waals surface area contributed by atoms with Crippen molar-refractivity contribution in [1.82, 2.24) is 14.7 Å². The zero-order valence-corrected chi connectivity index (χ0v) is 13.4. The van der Waals surface area contributed by atoms with Gasteiger partial charge in [-0.3, -0.25) is 9.48 Å². The summed E-state index contributed by atoms with van der Waals surface area (Å²) in [4.78, 5) is 15.6. The first-order valence-corrected chi connectivity index (χ1v) is 7.89. The van der Waals surface area contributed by atoms with Gasteiger partial charge in [-0.05, 0) is 25.0 Å². The van der Waals surface area contributed by atoms with Crippen LogP contribution in [0.2, 0.25) is 0 Å². The van der Waals surface area contributed by atoms with E-state index in [4.69, 9.17) is 0 Å². The number of amides is 1. The summed E-state index contributed by atoms with van der Waals surface area (Å²) in [6.07, 6.45) is 4.59. The summed E-state index contributed by atoms with van der Waals surface area (Å²) in [6.45, 7) is 2.70. The first-order valence-electron chi connectivity index (χ1n) is 7.01. The summed E-state index contributed by atoms with van der Waals surface area (Å²) < 4.78 is 1.76. The minimum absolute atomic E-state index is 0.00321. The van der Waals surface area contributed by atoms with Crippen LogP contribution in [-0.4, -0.2) is 32.9 Å². The van der Waals surface area contributed by atoms with E-state index < -0.39 is 0 Å². The maximum atomic E-state index is 12.6. The van der Waals surface area contributed by atoms with Crippen molar-refractivity contribution in [1.29, 1.82) is 0 Å². The standard InChI is InChI=1S/C16H19N3OS/c1-11-4-5-13-7-15(21-14(13)6-11)16(20)18(2)9-12-8-17-19(3)10-12/h4-6,8,10,15H,7,9H2,1-3H3/t15-/m1/s1. The Balaban J connectivity index is 1.66. The molecule has 0 radical (unpaired) electrons.